The Kier molecular flexibility index (Phi) is 3.43. The maximum Gasteiger partial charge on any atom is 0.256 e. The number of hydrogen-bond donors (Lipinski definition) is 1. The molecule has 0 bridgehead atoms. The summed E-state index contributed by atoms with van der Waals surface area (Å²) in [5, 5.41) is 3.69. The van der Waals surface area contributed by atoms with E-state index in [0.29, 0.717) is 24.0 Å². The Morgan fingerprint density at radius 3 is 2.64 bits per heavy atom. The SMILES string of the molecule is CCc1ccc2occ(C(=O)NC3(C(=O)N(C)C)CC3)c2c1. The van der Waals surface area contributed by atoms with Gasteiger partial charge in [0.15, 0.2) is 0 Å². The molecule has 0 spiro atoms. The van der Waals surface area contributed by atoms with Crippen molar-refractivity contribution in [3.05, 3.63) is 35.6 Å². The van der Waals surface area contributed by atoms with Crippen molar-refractivity contribution in [3.8, 4) is 0 Å². The van der Waals surface area contributed by atoms with E-state index in [1.807, 2.05) is 18.2 Å². The van der Waals surface area contributed by atoms with Gasteiger partial charge in [-0.1, -0.05) is 13.0 Å². The summed E-state index contributed by atoms with van der Waals surface area (Å²) in [6.45, 7) is 2.07. The second kappa shape index (κ2) is 5.16. The number of carbonyl (C=O) groups is 2. The molecule has 1 aliphatic rings. The average molecular weight is 300 g/mol. The minimum absolute atomic E-state index is 0.0529. The zero-order chi connectivity index (χ0) is 15.9. The van der Waals surface area contributed by atoms with Gasteiger partial charge in [-0.3, -0.25) is 9.59 Å². The number of hydrogen-bond acceptors (Lipinski definition) is 3. The zero-order valence-electron chi connectivity index (χ0n) is 13.1. The highest BCUT2D eigenvalue weighted by Gasteiger charge is 2.52. The van der Waals surface area contributed by atoms with Gasteiger partial charge in [0.25, 0.3) is 5.91 Å². The number of nitrogens with one attached hydrogen (secondary N) is 1. The first kappa shape index (κ1) is 14.6. The van der Waals surface area contributed by atoms with Gasteiger partial charge >= 0.3 is 0 Å². The van der Waals surface area contributed by atoms with E-state index >= 15 is 0 Å². The van der Waals surface area contributed by atoms with E-state index in [1.165, 1.54) is 11.2 Å². The van der Waals surface area contributed by atoms with Crippen molar-refractivity contribution in [2.75, 3.05) is 14.1 Å². The van der Waals surface area contributed by atoms with Crippen LogP contribution < -0.4 is 5.32 Å². The Balaban J connectivity index is 1.88. The molecule has 3 rings (SSSR count). The highest BCUT2D eigenvalue weighted by molar-refractivity contribution is 6.08. The molecule has 1 N–H and O–H groups in total. The molecule has 0 radical (unpaired) electrons. The molecule has 1 fully saturated rings. The smallest absolute Gasteiger partial charge is 0.256 e. The van der Waals surface area contributed by atoms with Gasteiger partial charge in [0.1, 0.15) is 17.4 Å². The van der Waals surface area contributed by atoms with Crippen LogP contribution in [0.5, 0.6) is 0 Å². The topological polar surface area (TPSA) is 62.6 Å². The Hall–Kier alpha value is -2.30. The number of furan rings is 1. The summed E-state index contributed by atoms with van der Waals surface area (Å²) in [5.41, 5.74) is 1.59. The third-order valence-corrected chi connectivity index (χ3v) is 4.21. The highest BCUT2D eigenvalue weighted by atomic mass is 16.3. The van der Waals surface area contributed by atoms with Crippen LogP contribution in [0.15, 0.2) is 28.9 Å². The summed E-state index contributed by atoms with van der Waals surface area (Å²) >= 11 is 0. The molecule has 1 saturated carbocycles. The Labute approximate surface area is 129 Å². The van der Waals surface area contributed by atoms with Crippen molar-refractivity contribution in [1.82, 2.24) is 10.2 Å². The van der Waals surface area contributed by atoms with Gasteiger partial charge in [-0.2, -0.15) is 0 Å². The van der Waals surface area contributed by atoms with Crippen molar-refractivity contribution in [2.45, 2.75) is 31.7 Å². The Morgan fingerprint density at radius 2 is 2.05 bits per heavy atom. The van der Waals surface area contributed by atoms with Gasteiger partial charge in [0, 0.05) is 19.5 Å². The Morgan fingerprint density at radius 1 is 1.32 bits per heavy atom. The predicted octanol–water partition coefficient (Wildman–Crippen LogP) is 2.35. The zero-order valence-corrected chi connectivity index (χ0v) is 13.1. The van der Waals surface area contributed by atoms with E-state index in [1.54, 1.807) is 14.1 Å². The first-order valence-electron chi connectivity index (χ1n) is 7.51. The van der Waals surface area contributed by atoms with Gasteiger partial charge in [0.05, 0.1) is 5.56 Å². The predicted molar refractivity (Wildman–Crippen MR) is 83.7 cm³/mol. The van der Waals surface area contributed by atoms with E-state index < -0.39 is 5.54 Å². The van der Waals surface area contributed by atoms with Crippen LogP contribution in [-0.4, -0.2) is 36.3 Å². The summed E-state index contributed by atoms with van der Waals surface area (Å²) in [7, 11) is 3.41. The molecule has 1 aromatic heterocycles. The molecule has 116 valence electrons. The third kappa shape index (κ3) is 2.36. The maximum atomic E-state index is 12.6. The van der Waals surface area contributed by atoms with E-state index in [0.717, 1.165) is 17.4 Å². The van der Waals surface area contributed by atoms with Crippen LogP contribution in [0.25, 0.3) is 11.0 Å². The number of rotatable bonds is 4. The first-order valence-corrected chi connectivity index (χ1v) is 7.51. The maximum absolute atomic E-state index is 12.6. The first-order chi connectivity index (χ1) is 10.5. The molecule has 1 aliphatic carbocycles. The molecule has 0 saturated heterocycles. The number of carbonyl (C=O) groups excluding carboxylic acids is 2. The van der Waals surface area contributed by atoms with Crippen LogP contribution in [-0.2, 0) is 11.2 Å². The minimum atomic E-state index is -0.730. The van der Waals surface area contributed by atoms with E-state index in [-0.39, 0.29) is 11.8 Å². The fourth-order valence-electron chi connectivity index (χ4n) is 2.70. The molecule has 0 unspecified atom stereocenters. The molecule has 5 nitrogen and oxygen atoms in total. The third-order valence-electron chi connectivity index (χ3n) is 4.21. The normalized spacial score (nSPS) is 15.6. The lowest BCUT2D eigenvalue weighted by Gasteiger charge is -2.20. The standard InChI is InChI=1S/C17H20N2O3/c1-4-11-5-6-14-12(9-11)13(10-22-14)15(20)18-17(7-8-17)16(21)19(2)3/h5-6,9-10H,4,7-8H2,1-3H3,(H,18,20). The van der Waals surface area contributed by atoms with Crippen LogP contribution in [0, 0.1) is 0 Å². The highest BCUT2D eigenvalue weighted by Crippen LogP contribution is 2.37. The van der Waals surface area contributed by atoms with Crippen molar-refractivity contribution >= 4 is 22.8 Å². The van der Waals surface area contributed by atoms with Crippen molar-refractivity contribution in [2.24, 2.45) is 0 Å². The molecule has 22 heavy (non-hydrogen) atoms. The van der Waals surface area contributed by atoms with Gasteiger partial charge in [-0.05, 0) is 37.0 Å². The van der Waals surface area contributed by atoms with Crippen LogP contribution in [0.1, 0.15) is 35.7 Å². The monoisotopic (exact) mass is 300 g/mol. The van der Waals surface area contributed by atoms with E-state index in [9.17, 15) is 9.59 Å². The van der Waals surface area contributed by atoms with Crippen LogP contribution in [0.2, 0.25) is 0 Å². The van der Waals surface area contributed by atoms with Gasteiger partial charge in [-0.15, -0.1) is 0 Å². The second-order valence-electron chi connectivity index (χ2n) is 6.07. The lowest BCUT2D eigenvalue weighted by Crippen LogP contribution is -2.48. The fourth-order valence-corrected chi connectivity index (χ4v) is 2.70. The lowest BCUT2D eigenvalue weighted by atomic mass is 10.1. The molecule has 2 amide bonds. The van der Waals surface area contributed by atoms with Crippen molar-refractivity contribution in [3.63, 3.8) is 0 Å². The van der Waals surface area contributed by atoms with Crippen LogP contribution >= 0.6 is 0 Å². The molecule has 1 heterocycles. The number of fused-ring (bicyclic) bond motifs is 1. The summed E-state index contributed by atoms with van der Waals surface area (Å²) < 4.78 is 5.46. The molecular formula is C17H20N2O3. The number of nitrogens with zero attached hydrogens (tertiary/aromatic N) is 1. The molecule has 1 aromatic carbocycles. The van der Waals surface area contributed by atoms with Gasteiger partial charge < -0.3 is 14.6 Å². The summed E-state index contributed by atoms with van der Waals surface area (Å²) in [4.78, 5) is 26.3. The number of likely N-dealkylation sites (N-methyl/N-ethyl adjacent to an activating group) is 1. The molecule has 0 aliphatic heterocycles. The number of aryl methyl sites for hydroxylation is 1. The largest absolute Gasteiger partial charge is 0.463 e. The summed E-state index contributed by atoms with van der Waals surface area (Å²) in [6.07, 6.45) is 3.73. The summed E-state index contributed by atoms with van der Waals surface area (Å²) in [5.74, 6) is -0.303. The van der Waals surface area contributed by atoms with E-state index in [2.05, 4.69) is 12.2 Å². The van der Waals surface area contributed by atoms with Gasteiger partial charge in [0.2, 0.25) is 5.91 Å². The minimum Gasteiger partial charge on any atom is -0.463 e. The van der Waals surface area contributed by atoms with Gasteiger partial charge in [-0.25, -0.2) is 0 Å². The van der Waals surface area contributed by atoms with Crippen LogP contribution in [0.4, 0.5) is 0 Å². The van der Waals surface area contributed by atoms with Crippen molar-refractivity contribution in [1.29, 1.82) is 0 Å². The fraction of sp³-hybridized carbons (Fsp3) is 0.412. The Bertz CT molecular complexity index is 741. The van der Waals surface area contributed by atoms with Crippen LogP contribution in [0.3, 0.4) is 0 Å². The second-order valence-corrected chi connectivity index (χ2v) is 6.07. The molecule has 5 heteroatoms. The number of benzene rings is 1. The van der Waals surface area contributed by atoms with Crippen molar-refractivity contribution < 1.29 is 14.0 Å². The quantitative estimate of drug-likeness (QED) is 0.942. The molecular weight excluding hydrogens is 280 g/mol. The summed E-state index contributed by atoms with van der Waals surface area (Å²) in [6, 6.07) is 5.84. The lowest BCUT2D eigenvalue weighted by molar-refractivity contribution is -0.131. The number of amides is 2. The average Bonchev–Trinajstić information content (AvgIpc) is 3.15. The molecule has 2 aromatic rings. The van der Waals surface area contributed by atoms with E-state index in [4.69, 9.17) is 4.42 Å². The molecule has 0 atom stereocenters.